The predicted octanol–water partition coefficient (Wildman–Crippen LogP) is 2.68. The maximum Gasteiger partial charge on any atom is 0.129 e. The number of hydrogen-bond acceptors (Lipinski definition) is 5. The van der Waals surface area contributed by atoms with Gasteiger partial charge in [0.2, 0.25) is 0 Å². The molecule has 2 aromatic heterocycles. The molecule has 2 rings (SSSR count). The number of thiophene rings is 2. The summed E-state index contributed by atoms with van der Waals surface area (Å²) in [6, 6.07) is 4.18. The fourth-order valence-corrected chi connectivity index (χ4v) is 3.28. The zero-order valence-electron chi connectivity index (χ0n) is 9.19. The summed E-state index contributed by atoms with van der Waals surface area (Å²) in [6.45, 7) is 2.11. The van der Waals surface area contributed by atoms with Gasteiger partial charge in [0.15, 0.2) is 0 Å². The van der Waals surface area contributed by atoms with Crippen LogP contribution in [-0.2, 0) is 0 Å². The van der Waals surface area contributed by atoms with E-state index in [9.17, 15) is 0 Å². The first-order chi connectivity index (χ1) is 7.76. The second kappa shape index (κ2) is 4.97. The van der Waals surface area contributed by atoms with Gasteiger partial charge in [0.1, 0.15) is 5.75 Å². The number of ether oxygens (including phenoxy) is 1. The number of aryl methyl sites for hydroxylation is 1. The number of hydrazine groups is 1. The molecule has 1 atom stereocenters. The van der Waals surface area contributed by atoms with Crippen LogP contribution >= 0.6 is 22.7 Å². The van der Waals surface area contributed by atoms with Gasteiger partial charge in [-0.1, -0.05) is 0 Å². The lowest BCUT2D eigenvalue weighted by atomic mass is 10.1. The third-order valence-electron chi connectivity index (χ3n) is 2.49. The molecule has 0 amide bonds. The summed E-state index contributed by atoms with van der Waals surface area (Å²) < 4.78 is 5.18. The average Bonchev–Trinajstić information content (AvgIpc) is 2.90. The Morgan fingerprint density at radius 2 is 2.25 bits per heavy atom. The van der Waals surface area contributed by atoms with Crippen LogP contribution in [0, 0.1) is 6.92 Å². The summed E-state index contributed by atoms with van der Waals surface area (Å²) >= 11 is 3.38. The van der Waals surface area contributed by atoms with Crippen molar-refractivity contribution >= 4 is 22.7 Å². The van der Waals surface area contributed by atoms with E-state index in [1.165, 1.54) is 15.3 Å². The van der Waals surface area contributed by atoms with Gasteiger partial charge in [-0.25, -0.2) is 5.43 Å². The van der Waals surface area contributed by atoms with Crippen molar-refractivity contribution in [2.45, 2.75) is 13.0 Å². The van der Waals surface area contributed by atoms with Crippen LogP contribution in [0.4, 0.5) is 0 Å². The Hall–Kier alpha value is -0.880. The maximum absolute atomic E-state index is 5.64. The van der Waals surface area contributed by atoms with Crippen LogP contribution in [0.5, 0.6) is 5.75 Å². The van der Waals surface area contributed by atoms with E-state index in [0.29, 0.717) is 0 Å². The highest BCUT2D eigenvalue weighted by atomic mass is 32.1. The van der Waals surface area contributed by atoms with E-state index in [1.54, 1.807) is 29.8 Å². The number of rotatable bonds is 4. The Kier molecular flexibility index (Phi) is 3.60. The van der Waals surface area contributed by atoms with Crippen molar-refractivity contribution in [3.8, 4) is 5.75 Å². The predicted molar refractivity (Wildman–Crippen MR) is 69.1 cm³/mol. The van der Waals surface area contributed by atoms with Crippen molar-refractivity contribution in [2.75, 3.05) is 7.11 Å². The van der Waals surface area contributed by atoms with E-state index < -0.39 is 0 Å². The summed E-state index contributed by atoms with van der Waals surface area (Å²) in [4.78, 5) is 2.45. The van der Waals surface area contributed by atoms with Crippen LogP contribution < -0.4 is 16.0 Å². The first kappa shape index (κ1) is 11.6. The van der Waals surface area contributed by atoms with E-state index in [0.717, 1.165) is 5.75 Å². The minimum Gasteiger partial charge on any atom is -0.496 e. The normalized spacial score (nSPS) is 12.7. The van der Waals surface area contributed by atoms with Gasteiger partial charge in [0.25, 0.3) is 0 Å². The van der Waals surface area contributed by atoms with Crippen molar-refractivity contribution in [3.63, 3.8) is 0 Å². The fraction of sp³-hybridized carbons (Fsp3) is 0.273. The van der Waals surface area contributed by atoms with Gasteiger partial charge in [-0.3, -0.25) is 5.84 Å². The topological polar surface area (TPSA) is 47.3 Å². The van der Waals surface area contributed by atoms with Crippen LogP contribution in [0.1, 0.15) is 21.4 Å². The molecule has 0 aromatic carbocycles. The molecule has 3 N–H and O–H groups in total. The van der Waals surface area contributed by atoms with Crippen molar-refractivity contribution < 1.29 is 4.74 Å². The zero-order chi connectivity index (χ0) is 11.5. The highest BCUT2D eigenvalue weighted by Crippen LogP contribution is 2.33. The van der Waals surface area contributed by atoms with Gasteiger partial charge < -0.3 is 4.74 Å². The van der Waals surface area contributed by atoms with E-state index in [4.69, 9.17) is 10.6 Å². The minimum absolute atomic E-state index is 0.0557. The lowest BCUT2D eigenvalue weighted by Crippen LogP contribution is -2.28. The average molecular weight is 254 g/mol. The number of methoxy groups -OCH3 is 1. The molecule has 2 aromatic rings. The third-order valence-corrected chi connectivity index (χ3v) is 4.33. The third kappa shape index (κ3) is 2.12. The molecule has 86 valence electrons. The number of nitrogens with one attached hydrogen (secondary N) is 1. The van der Waals surface area contributed by atoms with E-state index >= 15 is 0 Å². The molecule has 0 aliphatic heterocycles. The van der Waals surface area contributed by atoms with E-state index in [-0.39, 0.29) is 6.04 Å². The highest BCUT2D eigenvalue weighted by Gasteiger charge is 2.17. The monoisotopic (exact) mass is 254 g/mol. The quantitative estimate of drug-likeness (QED) is 0.651. The molecular weight excluding hydrogens is 240 g/mol. The summed E-state index contributed by atoms with van der Waals surface area (Å²) in [7, 11) is 1.67. The standard InChI is InChI=1S/C11H14N2OS2/c1-7-9(3-4-15-7)11(13-12)10-5-8(14-2)6-16-10/h3-6,11,13H,12H2,1-2H3. The molecule has 5 heteroatoms. The second-order valence-electron chi connectivity index (χ2n) is 3.42. The molecule has 0 aliphatic carbocycles. The summed E-state index contributed by atoms with van der Waals surface area (Å²) in [6.07, 6.45) is 0. The summed E-state index contributed by atoms with van der Waals surface area (Å²) in [5.41, 5.74) is 4.09. The molecule has 2 heterocycles. The van der Waals surface area contributed by atoms with Crippen molar-refractivity contribution in [1.82, 2.24) is 5.43 Å². The number of nitrogens with two attached hydrogens (primary N) is 1. The molecule has 3 nitrogen and oxygen atoms in total. The van der Waals surface area contributed by atoms with Gasteiger partial charge in [-0.15, -0.1) is 22.7 Å². The number of hydrogen-bond donors (Lipinski definition) is 2. The molecule has 0 fully saturated rings. The van der Waals surface area contributed by atoms with Gasteiger partial charge in [0, 0.05) is 15.1 Å². The maximum atomic E-state index is 5.64. The van der Waals surface area contributed by atoms with Gasteiger partial charge in [-0.05, 0) is 30.0 Å². The van der Waals surface area contributed by atoms with Crippen LogP contribution in [0.25, 0.3) is 0 Å². The van der Waals surface area contributed by atoms with Crippen molar-refractivity contribution in [1.29, 1.82) is 0 Å². The van der Waals surface area contributed by atoms with Gasteiger partial charge in [-0.2, -0.15) is 0 Å². The lowest BCUT2D eigenvalue weighted by Gasteiger charge is -2.13. The molecule has 0 saturated carbocycles. The lowest BCUT2D eigenvalue weighted by molar-refractivity contribution is 0.416. The molecule has 1 unspecified atom stereocenters. The first-order valence-electron chi connectivity index (χ1n) is 4.88. The SMILES string of the molecule is COc1csc(C(NN)c2ccsc2C)c1. The molecule has 0 saturated heterocycles. The zero-order valence-corrected chi connectivity index (χ0v) is 10.8. The van der Waals surface area contributed by atoms with Crippen molar-refractivity contribution in [2.24, 2.45) is 5.84 Å². The Morgan fingerprint density at radius 1 is 1.44 bits per heavy atom. The van der Waals surface area contributed by atoms with Crippen LogP contribution in [0.2, 0.25) is 0 Å². The second-order valence-corrected chi connectivity index (χ2v) is 5.48. The van der Waals surface area contributed by atoms with E-state index in [1.807, 2.05) is 11.4 Å². The largest absolute Gasteiger partial charge is 0.496 e. The molecule has 0 aliphatic rings. The smallest absolute Gasteiger partial charge is 0.129 e. The summed E-state index contributed by atoms with van der Waals surface area (Å²) in [5.74, 6) is 6.52. The van der Waals surface area contributed by atoms with E-state index in [2.05, 4.69) is 23.8 Å². The highest BCUT2D eigenvalue weighted by molar-refractivity contribution is 7.10. The Labute approximate surface area is 103 Å². The molecule has 0 bridgehead atoms. The fourth-order valence-electron chi connectivity index (χ4n) is 1.61. The Balaban J connectivity index is 2.32. The van der Waals surface area contributed by atoms with Gasteiger partial charge >= 0.3 is 0 Å². The van der Waals surface area contributed by atoms with Crippen LogP contribution in [0.15, 0.2) is 22.9 Å². The van der Waals surface area contributed by atoms with Crippen molar-refractivity contribution in [3.05, 3.63) is 38.2 Å². The molecule has 0 radical (unpaired) electrons. The van der Waals surface area contributed by atoms with Gasteiger partial charge in [0.05, 0.1) is 13.2 Å². The molecule has 16 heavy (non-hydrogen) atoms. The molecular formula is C11H14N2OS2. The first-order valence-corrected chi connectivity index (χ1v) is 6.64. The van der Waals surface area contributed by atoms with Crippen LogP contribution in [-0.4, -0.2) is 7.11 Å². The Bertz CT molecular complexity index is 464. The Morgan fingerprint density at radius 3 is 2.75 bits per heavy atom. The summed E-state index contributed by atoms with van der Waals surface area (Å²) in [5, 5.41) is 4.07. The molecule has 0 spiro atoms. The minimum atomic E-state index is 0.0557. The van der Waals surface area contributed by atoms with Crippen LogP contribution in [0.3, 0.4) is 0 Å².